The molecule has 3 rings (SSSR count). The summed E-state index contributed by atoms with van der Waals surface area (Å²) in [7, 11) is 0. The predicted molar refractivity (Wildman–Crippen MR) is 83.6 cm³/mol. The van der Waals surface area contributed by atoms with Crippen LogP contribution in [-0.2, 0) is 4.79 Å². The van der Waals surface area contributed by atoms with E-state index < -0.39 is 0 Å². The molecule has 2 aromatic rings. The normalized spacial score (nSPS) is 14.3. The number of hydrogen-bond donors (Lipinski definition) is 1. The molecule has 0 spiro atoms. The third kappa shape index (κ3) is 3.38. The third-order valence-electron chi connectivity index (χ3n) is 3.06. The molecule has 0 fully saturated rings. The van der Waals surface area contributed by atoms with Gasteiger partial charge in [-0.15, -0.1) is 0 Å². The maximum Gasteiger partial charge on any atom is 0.277 e. The molecule has 5 nitrogen and oxygen atoms in total. The number of para-hydroxylation sites is 1. The standard InChI is InChI=1S/C16H13ClN2O3/c17-11-5-7-12(8-6-11)21-10-16(20)19-18-14-9-22-15-4-2-1-3-13(14)15/h1-8H,9-10H2,(H,19,20)/b18-14-. The van der Waals surface area contributed by atoms with Gasteiger partial charge in [0.2, 0.25) is 0 Å². The zero-order chi connectivity index (χ0) is 15.4. The van der Waals surface area contributed by atoms with Gasteiger partial charge in [0.15, 0.2) is 6.61 Å². The molecule has 0 aromatic heterocycles. The SMILES string of the molecule is O=C(COc1ccc(Cl)cc1)N/N=C1/COc2ccccc21. The number of ether oxygens (including phenoxy) is 2. The molecule has 2 aromatic carbocycles. The van der Waals surface area contributed by atoms with Crippen LogP contribution in [0.1, 0.15) is 5.56 Å². The Morgan fingerprint density at radius 3 is 2.82 bits per heavy atom. The molecule has 0 saturated carbocycles. The fourth-order valence-electron chi connectivity index (χ4n) is 1.99. The van der Waals surface area contributed by atoms with Gasteiger partial charge in [-0.3, -0.25) is 4.79 Å². The number of nitrogens with one attached hydrogen (secondary N) is 1. The van der Waals surface area contributed by atoms with Crippen molar-refractivity contribution in [2.75, 3.05) is 13.2 Å². The quantitative estimate of drug-likeness (QED) is 0.882. The summed E-state index contributed by atoms with van der Waals surface area (Å²) in [5.41, 5.74) is 4.05. The van der Waals surface area contributed by atoms with E-state index in [0.717, 1.165) is 11.3 Å². The van der Waals surface area contributed by atoms with Crippen LogP contribution < -0.4 is 14.9 Å². The van der Waals surface area contributed by atoms with Crippen LogP contribution in [0.25, 0.3) is 0 Å². The number of hydrazone groups is 1. The summed E-state index contributed by atoms with van der Waals surface area (Å²) in [6.45, 7) is 0.221. The number of rotatable bonds is 4. The molecule has 1 aliphatic rings. The van der Waals surface area contributed by atoms with Crippen LogP contribution >= 0.6 is 11.6 Å². The Morgan fingerprint density at radius 2 is 2.00 bits per heavy atom. The average molecular weight is 317 g/mol. The van der Waals surface area contributed by atoms with Gasteiger partial charge in [0.05, 0.1) is 0 Å². The van der Waals surface area contributed by atoms with Gasteiger partial charge in [0.25, 0.3) is 5.91 Å². The van der Waals surface area contributed by atoms with Crippen LogP contribution in [0.5, 0.6) is 11.5 Å². The Morgan fingerprint density at radius 1 is 1.23 bits per heavy atom. The van der Waals surface area contributed by atoms with E-state index in [4.69, 9.17) is 21.1 Å². The molecule has 1 N–H and O–H groups in total. The lowest BCUT2D eigenvalue weighted by atomic mass is 10.1. The molecular weight excluding hydrogens is 304 g/mol. The highest BCUT2D eigenvalue weighted by atomic mass is 35.5. The van der Waals surface area contributed by atoms with Crippen LogP contribution in [0.4, 0.5) is 0 Å². The van der Waals surface area contributed by atoms with Crippen LogP contribution in [-0.4, -0.2) is 24.8 Å². The molecule has 0 atom stereocenters. The van der Waals surface area contributed by atoms with Crippen molar-refractivity contribution >= 4 is 23.2 Å². The van der Waals surface area contributed by atoms with Crippen LogP contribution in [0.15, 0.2) is 53.6 Å². The summed E-state index contributed by atoms with van der Waals surface area (Å²) in [5.74, 6) is 1.00. The first kappa shape index (κ1) is 14.4. The topological polar surface area (TPSA) is 59.9 Å². The van der Waals surface area contributed by atoms with Gasteiger partial charge in [0, 0.05) is 10.6 Å². The lowest BCUT2D eigenvalue weighted by Gasteiger charge is -2.05. The molecule has 0 saturated heterocycles. The number of carbonyl (C=O) groups is 1. The van der Waals surface area contributed by atoms with Crippen molar-refractivity contribution in [2.45, 2.75) is 0 Å². The largest absolute Gasteiger partial charge is 0.487 e. The highest BCUT2D eigenvalue weighted by molar-refractivity contribution is 6.30. The first-order chi connectivity index (χ1) is 10.7. The van der Waals surface area contributed by atoms with Crippen LogP contribution in [0, 0.1) is 0 Å². The minimum Gasteiger partial charge on any atom is -0.487 e. The molecule has 1 aliphatic heterocycles. The fraction of sp³-hybridized carbons (Fsp3) is 0.125. The second kappa shape index (κ2) is 6.49. The van der Waals surface area contributed by atoms with E-state index in [1.807, 2.05) is 24.3 Å². The Labute approximate surface area is 132 Å². The van der Waals surface area contributed by atoms with Gasteiger partial charge in [-0.25, -0.2) is 5.43 Å². The Hall–Kier alpha value is -2.53. The number of carbonyl (C=O) groups excluding carboxylic acids is 1. The maximum atomic E-state index is 11.7. The zero-order valence-electron chi connectivity index (χ0n) is 11.6. The summed E-state index contributed by atoms with van der Waals surface area (Å²) in [5, 5.41) is 4.70. The van der Waals surface area contributed by atoms with Gasteiger partial charge in [-0.2, -0.15) is 5.10 Å². The van der Waals surface area contributed by atoms with Gasteiger partial charge < -0.3 is 9.47 Å². The van der Waals surface area contributed by atoms with Crippen molar-refractivity contribution in [2.24, 2.45) is 5.10 Å². The van der Waals surface area contributed by atoms with Crippen molar-refractivity contribution in [1.82, 2.24) is 5.43 Å². The number of fused-ring (bicyclic) bond motifs is 1. The fourth-order valence-corrected chi connectivity index (χ4v) is 2.12. The van der Waals surface area contributed by atoms with Crippen molar-refractivity contribution in [3.8, 4) is 11.5 Å². The number of amides is 1. The zero-order valence-corrected chi connectivity index (χ0v) is 12.3. The summed E-state index contributed by atoms with van der Waals surface area (Å²) in [6.07, 6.45) is 0. The van der Waals surface area contributed by atoms with E-state index in [0.29, 0.717) is 23.1 Å². The molecule has 0 aliphatic carbocycles. The Balaban J connectivity index is 1.55. The number of nitrogens with zero attached hydrogens (tertiary/aromatic N) is 1. The highest BCUT2D eigenvalue weighted by Crippen LogP contribution is 2.24. The first-order valence-corrected chi connectivity index (χ1v) is 7.06. The van der Waals surface area contributed by atoms with Crippen molar-refractivity contribution < 1.29 is 14.3 Å². The second-order valence-electron chi connectivity index (χ2n) is 4.62. The van der Waals surface area contributed by atoms with E-state index in [-0.39, 0.29) is 12.5 Å². The van der Waals surface area contributed by atoms with Gasteiger partial charge in [-0.05, 0) is 36.4 Å². The molecule has 6 heteroatoms. The van der Waals surface area contributed by atoms with Crippen molar-refractivity contribution in [1.29, 1.82) is 0 Å². The minimum absolute atomic E-state index is 0.124. The van der Waals surface area contributed by atoms with Gasteiger partial charge in [-0.1, -0.05) is 23.7 Å². The number of benzene rings is 2. The van der Waals surface area contributed by atoms with Crippen molar-refractivity contribution in [3.05, 3.63) is 59.1 Å². The monoisotopic (exact) mass is 316 g/mol. The Kier molecular flexibility index (Phi) is 4.25. The van der Waals surface area contributed by atoms with Gasteiger partial charge >= 0.3 is 0 Å². The minimum atomic E-state index is -0.341. The van der Waals surface area contributed by atoms with Crippen LogP contribution in [0.3, 0.4) is 0 Å². The van der Waals surface area contributed by atoms with E-state index in [1.165, 1.54) is 0 Å². The van der Waals surface area contributed by atoms with Gasteiger partial charge in [0.1, 0.15) is 23.8 Å². The predicted octanol–water partition coefficient (Wildman–Crippen LogP) is 2.63. The number of halogens is 1. The van der Waals surface area contributed by atoms with Crippen LogP contribution in [0.2, 0.25) is 5.02 Å². The van der Waals surface area contributed by atoms with E-state index >= 15 is 0 Å². The number of hydrogen-bond acceptors (Lipinski definition) is 4. The lowest BCUT2D eigenvalue weighted by molar-refractivity contribution is -0.123. The Bertz CT molecular complexity index is 714. The molecule has 22 heavy (non-hydrogen) atoms. The third-order valence-corrected chi connectivity index (χ3v) is 3.31. The van der Waals surface area contributed by atoms with Crippen molar-refractivity contribution in [3.63, 3.8) is 0 Å². The second-order valence-corrected chi connectivity index (χ2v) is 5.06. The molecule has 1 heterocycles. The molecule has 0 radical (unpaired) electrons. The lowest BCUT2D eigenvalue weighted by Crippen LogP contribution is -2.26. The molecule has 0 unspecified atom stereocenters. The molecule has 1 amide bonds. The smallest absolute Gasteiger partial charge is 0.277 e. The molecule has 112 valence electrons. The maximum absolute atomic E-state index is 11.7. The molecule has 0 bridgehead atoms. The van der Waals surface area contributed by atoms with E-state index in [9.17, 15) is 4.79 Å². The summed E-state index contributed by atoms with van der Waals surface area (Å²) in [6, 6.07) is 14.3. The molecular formula is C16H13ClN2O3. The van der Waals surface area contributed by atoms with E-state index in [1.54, 1.807) is 24.3 Å². The summed E-state index contributed by atoms with van der Waals surface area (Å²) >= 11 is 5.77. The highest BCUT2D eigenvalue weighted by Gasteiger charge is 2.18. The first-order valence-electron chi connectivity index (χ1n) is 6.68. The average Bonchev–Trinajstić information content (AvgIpc) is 2.96. The summed E-state index contributed by atoms with van der Waals surface area (Å²) in [4.78, 5) is 11.7. The van der Waals surface area contributed by atoms with E-state index in [2.05, 4.69) is 10.5 Å². The summed E-state index contributed by atoms with van der Waals surface area (Å²) < 4.78 is 10.8.